The summed E-state index contributed by atoms with van der Waals surface area (Å²) in [5, 5.41) is 0. The minimum Gasteiger partial charge on any atom is -0.391 e. The Morgan fingerprint density at radius 3 is 2.50 bits per heavy atom. The summed E-state index contributed by atoms with van der Waals surface area (Å²) in [4.78, 5) is 11.2. The Hall–Kier alpha value is -0.320. The van der Waals surface area contributed by atoms with Crippen molar-refractivity contribution >= 4 is 18.0 Å². The molecule has 0 aromatic heterocycles. The van der Waals surface area contributed by atoms with Gasteiger partial charge in [-0.15, -0.1) is 0 Å². The maximum atomic E-state index is 12.5. The van der Waals surface area contributed by atoms with Gasteiger partial charge in [0.2, 0.25) is 5.92 Å². The second-order valence-electron chi connectivity index (χ2n) is 4.62. The average molecular weight is 282 g/mol. The van der Waals surface area contributed by atoms with E-state index in [1.807, 2.05) is 0 Å². The molecule has 0 amide bonds. The van der Waals surface area contributed by atoms with Gasteiger partial charge in [-0.1, -0.05) is 26.2 Å². The van der Waals surface area contributed by atoms with Crippen LogP contribution in [0.25, 0.3) is 0 Å². The first kappa shape index (κ1) is 17.7. The molecule has 0 aliphatic heterocycles. The number of alkyl halides is 2. The smallest absolute Gasteiger partial charge is 0.317 e. The minimum atomic E-state index is -2.56. The molecule has 0 aliphatic rings. The summed E-state index contributed by atoms with van der Waals surface area (Å²) in [7, 11) is 0. The van der Waals surface area contributed by atoms with Gasteiger partial charge in [0.25, 0.3) is 0 Å². The highest BCUT2D eigenvalue weighted by atomic mass is 32.2. The van der Waals surface area contributed by atoms with Crippen LogP contribution in [0.15, 0.2) is 0 Å². The van der Waals surface area contributed by atoms with E-state index in [0.29, 0.717) is 18.6 Å². The van der Waals surface area contributed by atoms with Crippen molar-refractivity contribution in [3.05, 3.63) is 0 Å². The first-order valence-corrected chi connectivity index (χ1v) is 7.57. The number of carbonyl (C=O) groups is 1. The third-order valence-corrected chi connectivity index (χ3v) is 3.24. The average Bonchev–Trinajstić information content (AvgIpc) is 2.26. The van der Waals surface area contributed by atoms with Crippen molar-refractivity contribution in [3.8, 4) is 0 Å². The van der Waals surface area contributed by atoms with Crippen molar-refractivity contribution < 1.29 is 17.8 Å². The summed E-state index contributed by atoms with van der Waals surface area (Å²) in [6.45, 7) is 3.03. The fourth-order valence-electron chi connectivity index (χ4n) is 1.44. The van der Waals surface area contributed by atoms with Crippen molar-refractivity contribution in [1.82, 2.24) is 0 Å². The Balaban J connectivity index is 3.22. The molecule has 0 radical (unpaired) electrons. The standard InChI is InChI=1S/C13H24F2O2S/c1-3-4-6-9-12(16)17-18-11-8-5-7-10-13(2,14)15/h3-11H2,1-2H3. The molecule has 108 valence electrons. The van der Waals surface area contributed by atoms with E-state index in [2.05, 4.69) is 6.92 Å². The lowest BCUT2D eigenvalue weighted by molar-refractivity contribution is -0.133. The number of hydrogen-bond donors (Lipinski definition) is 0. The van der Waals surface area contributed by atoms with Crippen molar-refractivity contribution in [3.63, 3.8) is 0 Å². The Morgan fingerprint density at radius 2 is 1.89 bits per heavy atom. The predicted octanol–water partition coefficient (Wildman–Crippen LogP) is 4.97. The zero-order valence-electron chi connectivity index (χ0n) is 11.3. The lowest BCUT2D eigenvalue weighted by Crippen LogP contribution is -2.08. The number of halogens is 2. The molecule has 0 saturated carbocycles. The molecule has 2 nitrogen and oxygen atoms in total. The third-order valence-electron chi connectivity index (χ3n) is 2.48. The molecular formula is C13H24F2O2S. The van der Waals surface area contributed by atoms with Crippen LogP contribution >= 0.6 is 12.0 Å². The van der Waals surface area contributed by atoms with E-state index in [9.17, 15) is 13.6 Å². The van der Waals surface area contributed by atoms with E-state index in [1.165, 1.54) is 0 Å². The third kappa shape index (κ3) is 13.7. The fraction of sp³-hybridized carbons (Fsp3) is 0.923. The normalized spacial score (nSPS) is 11.6. The zero-order valence-corrected chi connectivity index (χ0v) is 12.2. The van der Waals surface area contributed by atoms with Crippen molar-refractivity contribution in [1.29, 1.82) is 0 Å². The maximum absolute atomic E-state index is 12.5. The fourth-order valence-corrected chi connectivity index (χ4v) is 2.06. The molecule has 0 saturated heterocycles. The molecule has 0 spiro atoms. The molecule has 0 unspecified atom stereocenters. The molecule has 5 heteroatoms. The Kier molecular flexibility index (Phi) is 10.4. The van der Waals surface area contributed by atoms with Crippen LogP contribution in [0.1, 0.15) is 65.2 Å². The lowest BCUT2D eigenvalue weighted by atomic mass is 10.1. The Morgan fingerprint density at radius 1 is 1.17 bits per heavy atom. The molecule has 0 aromatic rings. The van der Waals surface area contributed by atoms with Gasteiger partial charge in [-0.2, -0.15) is 0 Å². The molecule has 0 aromatic carbocycles. The van der Waals surface area contributed by atoms with Crippen LogP contribution in [-0.4, -0.2) is 17.6 Å². The summed E-state index contributed by atoms with van der Waals surface area (Å²) in [5.41, 5.74) is 0. The van der Waals surface area contributed by atoms with Crippen LogP contribution in [0.4, 0.5) is 8.78 Å². The van der Waals surface area contributed by atoms with Gasteiger partial charge in [0.1, 0.15) is 0 Å². The molecule has 0 N–H and O–H groups in total. The van der Waals surface area contributed by atoms with Gasteiger partial charge < -0.3 is 4.18 Å². The van der Waals surface area contributed by atoms with E-state index < -0.39 is 5.92 Å². The molecular weight excluding hydrogens is 258 g/mol. The largest absolute Gasteiger partial charge is 0.391 e. The minimum absolute atomic E-state index is 0.0610. The van der Waals surface area contributed by atoms with E-state index in [4.69, 9.17) is 4.18 Å². The maximum Gasteiger partial charge on any atom is 0.317 e. The first-order valence-electron chi connectivity index (χ1n) is 6.66. The quantitative estimate of drug-likeness (QED) is 0.395. The predicted molar refractivity (Wildman–Crippen MR) is 71.8 cm³/mol. The topological polar surface area (TPSA) is 26.3 Å². The van der Waals surface area contributed by atoms with Gasteiger partial charge in [-0.3, -0.25) is 4.79 Å². The number of carbonyl (C=O) groups excluding carboxylic acids is 1. The highest BCUT2D eigenvalue weighted by Crippen LogP contribution is 2.21. The highest BCUT2D eigenvalue weighted by Gasteiger charge is 2.19. The molecule has 0 atom stereocenters. The van der Waals surface area contributed by atoms with E-state index in [-0.39, 0.29) is 12.4 Å². The summed E-state index contributed by atoms with van der Waals surface area (Å²) in [5.74, 6) is -2.04. The van der Waals surface area contributed by atoms with Crippen LogP contribution in [0.2, 0.25) is 0 Å². The second kappa shape index (κ2) is 10.6. The highest BCUT2D eigenvalue weighted by molar-refractivity contribution is 7.95. The van der Waals surface area contributed by atoms with E-state index in [1.54, 1.807) is 0 Å². The first-order chi connectivity index (χ1) is 8.45. The molecule has 0 bridgehead atoms. The summed E-state index contributed by atoms with van der Waals surface area (Å²) in [6, 6.07) is 0. The van der Waals surface area contributed by atoms with Gasteiger partial charge in [0.05, 0.1) is 12.0 Å². The Bertz CT molecular complexity index is 218. The number of rotatable bonds is 11. The Labute approximate surface area is 113 Å². The van der Waals surface area contributed by atoms with Crippen molar-refractivity contribution in [2.75, 3.05) is 5.75 Å². The van der Waals surface area contributed by atoms with Gasteiger partial charge in [0, 0.05) is 18.6 Å². The van der Waals surface area contributed by atoms with Crippen LogP contribution in [0.3, 0.4) is 0 Å². The van der Waals surface area contributed by atoms with Gasteiger partial charge in [0.15, 0.2) is 0 Å². The molecule has 0 rings (SSSR count). The van der Waals surface area contributed by atoms with Crippen LogP contribution in [0, 0.1) is 0 Å². The lowest BCUT2D eigenvalue weighted by Gasteiger charge is -2.08. The van der Waals surface area contributed by atoms with Crippen LogP contribution in [0.5, 0.6) is 0 Å². The monoisotopic (exact) mass is 282 g/mol. The van der Waals surface area contributed by atoms with Crippen LogP contribution < -0.4 is 0 Å². The molecule has 0 heterocycles. The van der Waals surface area contributed by atoms with E-state index in [0.717, 1.165) is 51.1 Å². The molecule has 0 aliphatic carbocycles. The molecule has 18 heavy (non-hydrogen) atoms. The summed E-state index contributed by atoms with van der Waals surface area (Å²) >= 11 is 1.14. The van der Waals surface area contributed by atoms with E-state index >= 15 is 0 Å². The second-order valence-corrected chi connectivity index (χ2v) is 5.43. The zero-order chi connectivity index (χ0) is 13.9. The van der Waals surface area contributed by atoms with Crippen LogP contribution in [-0.2, 0) is 8.98 Å². The van der Waals surface area contributed by atoms with Gasteiger partial charge >= 0.3 is 5.97 Å². The summed E-state index contributed by atoms with van der Waals surface area (Å²) < 4.78 is 29.9. The van der Waals surface area contributed by atoms with Gasteiger partial charge in [-0.05, 0) is 26.2 Å². The van der Waals surface area contributed by atoms with Gasteiger partial charge in [-0.25, -0.2) is 8.78 Å². The number of unbranched alkanes of at least 4 members (excludes halogenated alkanes) is 4. The molecule has 0 fully saturated rings. The SMILES string of the molecule is CCCCCC(=O)OSCCCCCC(C)(F)F. The summed E-state index contributed by atoms with van der Waals surface area (Å²) in [6.07, 6.45) is 5.51. The van der Waals surface area contributed by atoms with Crippen molar-refractivity contribution in [2.45, 2.75) is 71.1 Å². The van der Waals surface area contributed by atoms with Crippen molar-refractivity contribution in [2.24, 2.45) is 0 Å². The number of hydrogen-bond acceptors (Lipinski definition) is 3.